The van der Waals surface area contributed by atoms with E-state index in [0.717, 1.165) is 6.42 Å². The molecule has 2 aliphatic rings. The van der Waals surface area contributed by atoms with E-state index in [0.29, 0.717) is 32.1 Å². The van der Waals surface area contributed by atoms with Crippen LogP contribution >= 0.6 is 0 Å². The maximum absolute atomic E-state index is 12.4. The highest BCUT2D eigenvalue weighted by atomic mass is 16.5. The topological polar surface area (TPSA) is 61.9 Å². The van der Waals surface area contributed by atoms with Gasteiger partial charge in [-0.25, -0.2) is 4.79 Å². The van der Waals surface area contributed by atoms with Crippen molar-refractivity contribution >= 4 is 11.9 Å². The molecule has 0 aliphatic carbocycles. The molecule has 1 N–H and O–H groups in total. The molecule has 108 valence electrons. The smallest absolute Gasteiger partial charge is 0.317 e. The molecule has 2 fully saturated rings. The van der Waals surface area contributed by atoms with Gasteiger partial charge in [0.05, 0.1) is 6.04 Å². The zero-order valence-electron chi connectivity index (χ0n) is 11.9. The molecule has 0 aromatic heterocycles. The number of rotatable bonds is 4. The summed E-state index contributed by atoms with van der Waals surface area (Å²) in [5, 5.41) is 2.81. The molecular formula is C13H23N3O3. The number of carbonyl (C=O) groups excluding carboxylic acids is 2. The van der Waals surface area contributed by atoms with Gasteiger partial charge < -0.3 is 19.9 Å². The number of nitrogens with one attached hydrogen (secondary N) is 1. The van der Waals surface area contributed by atoms with Crippen molar-refractivity contribution in [3.05, 3.63) is 0 Å². The minimum atomic E-state index is -0.364. The van der Waals surface area contributed by atoms with Gasteiger partial charge in [-0.3, -0.25) is 4.79 Å². The van der Waals surface area contributed by atoms with Crippen LogP contribution in [0.3, 0.4) is 0 Å². The fraction of sp³-hybridized carbons (Fsp3) is 0.846. The summed E-state index contributed by atoms with van der Waals surface area (Å²) in [6.07, 6.45) is 0.369. The molecule has 3 amide bonds. The molecule has 0 spiro atoms. The summed E-state index contributed by atoms with van der Waals surface area (Å²) >= 11 is 0. The van der Waals surface area contributed by atoms with Crippen molar-refractivity contribution in [1.29, 1.82) is 0 Å². The molecule has 0 radical (unpaired) electrons. The Morgan fingerprint density at radius 2 is 2.21 bits per heavy atom. The number of hydrogen-bond donors (Lipinski definition) is 1. The molecule has 2 heterocycles. The Balaban J connectivity index is 1.95. The summed E-state index contributed by atoms with van der Waals surface area (Å²) in [7, 11) is 1.59. The molecular weight excluding hydrogens is 246 g/mol. The fourth-order valence-electron chi connectivity index (χ4n) is 2.73. The van der Waals surface area contributed by atoms with Crippen molar-refractivity contribution in [1.82, 2.24) is 15.1 Å². The number of ether oxygens (including phenoxy) is 1. The summed E-state index contributed by atoms with van der Waals surface area (Å²) in [6, 6.07) is 0.101. The Bertz CT molecular complexity index is 359. The van der Waals surface area contributed by atoms with Gasteiger partial charge in [0.15, 0.2) is 0 Å². The van der Waals surface area contributed by atoms with Crippen LogP contribution in [0.5, 0.6) is 0 Å². The van der Waals surface area contributed by atoms with E-state index in [4.69, 9.17) is 4.74 Å². The number of urea groups is 1. The monoisotopic (exact) mass is 269 g/mol. The standard InChI is InChI=1S/C13H23N3O3/c1-9(2)6-11(19-3)12(17)15-4-5-16-10(8-15)7-14-13(16)18/h9-11H,4-8H2,1-3H3,(H,14,18). The Kier molecular flexibility index (Phi) is 4.29. The lowest BCUT2D eigenvalue weighted by atomic mass is 10.0. The molecule has 0 aromatic carbocycles. The van der Waals surface area contributed by atoms with Crippen molar-refractivity contribution in [2.75, 3.05) is 33.3 Å². The largest absolute Gasteiger partial charge is 0.372 e. The Hall–Kier alpha value is -1.30. The van der Waals surface area contributed by atoms with E-state index in [1.54, 1.807) is 7.11 Å². The van der Waals surface area contributed by atoms with Gasteiger partial charge in [-0.2, -0.15) is 0 Å². The van der Waals surface area contributed by atoms with Crippen LogP contribution in [-0.4, -0.2) is 67.2 Å². The van der Waals surface area contributed by atoms with Gasteiger partial charge in [-0.15, -0.1) is 0 Å². The number of carbonyl (C=O) groups is 2. The molecule has 2 rings (SSSR count). The number of methoxy groups -OCH3 is 1. The number of nitrogens with zero attached hydrogens (tertiary/aromatic N) is 2. The van der Waals surface area contributed by atoms with Crippen molar-refractivity contribution in [2.45, 2.75) is 32.4 Å². The second-order valence-electron chi connectivity index (χ2n) is 5.67. The van der Waals surface area contributed by atoms with Crippen LogP contribution < -0.4 is 5.32 Å². The summed E-state index contributed by atoms with van der Waals surface area (Å²) in [5.41, 5.74) is 0. The van der Waals surface area contributed by atoms with E-state index in [-0.39, 0.29) is 24.1 Å². The van der Waals surface area contributed by atoms with Crippen molar-refractivity contribution in [3.8, 4) is 0 Å². The molecule has 2 unspecified atom stereocenters. The van der Waals surface area contributed by atoms with Crippen LogP contribution in [0.1, 0.15) is 20.3 Å². The molecule has 2 atom stereocenters. The van der Waals surface area contributed by atoms with Crippen molar-refractivity contribution < 1.29 is 14.3 Å². The molecule has 6 nitrogen and oxygen atoms in total. The van der Waals surface area contributed by atoms with Gasteiger partial charge in [0.1, 0.15) is 6.10 Å². The quantitative estimate of drug-likeness (QED) is 0.797. The summed E-state index contributed by atoms with van der Waals surface area (Å²) in [4.78, 5) is 27.6. The number of amides is 3. The fourth-order valence-corrected chi connectivity index (χ4v) is 2.73. The molecule has 19 heavy (non-hydrogen) atoms. The third-order valence-corrected chi connectivity index (χ3v) is 3.79. The van der Waals surface area contributed by atoms with Crippen LogP contribution in [0.15, 0.2) is 0 Å². The summed E-state index contributed by atoms with van der Waals surface area (Å²) < 4.78 is 5.32. The summed E-state index contributed by atoms with van der Waals surface area (Å²) in [6.45, 7) is 6.61. The number of fused-ring (bicyclic) bond motifs is 1. The number of hydrogen-bond acceptors (Lipinski definition) is 3. The minimum Gasteiger partial charge on any atom is -0.372 e. The molecule has 0 aromatic rings. The van der Waals surface area contributed by atoms with E-state index < -0.39 is 0 Å². The second-order valence-corrected chi connectivity index (χ2v) is 5.67. The second kappa shape index (κ2) is 5.77. The first-order valence-corrected chi connectivity index (χ1v) is 6.89. The third kappa shape index (κ3) is 3.00. The van der Waals surface area contributed by atoms with Crippen LogP contribution in [0.25, 0.3) is 0 Å². The van der Waals surface area contributed by atoms with Gasteiger partial charge in [0.2, 0.25) is 0 Å². The first kappa shape index (κ1) is 14.1. The average molecular weight is 269 g/mol. The van der Waals surface area contributed by atoms with Gasteiger partial charge in [-0.05, 0) is 12.3 Å². The molecule has 0 bridgehead atoms. The molecule has 2 aliphatic heterocycles. The zero-order chi connectivity index (χ0) is 14.0. The maximum Gasteiger partial charge on any atom is 0.317 e. The highest BCUT2D eigenvalue weighted by Crippen LogP contribution is 2.17. The van der Waals surface area contributed by atoms with Gasteiger partial charge in [0, 0.05) is 33.3 Å². The first-order chi connectivity index (χ1) is 9.02. The van der Waals surface area contributed by atoms with Crippen LogP contribution in [0.4, 0.5) is 4.79 Å². The summed E-state index contributed by atoms with van der Waals surface area (Å²) in [5.74, 6) is 0.472. The average Bonchev–Trinajstić information content (AvgIpc) is 2.76. The highest BCUT2D eigenvalue weighted by molar-refractivity contribution is 5.82. The Morgan fingerprint density at radius 3 is 2.84 bits per heavy atom. The lowest BCUT2D eigenvalue weighted by Gasteiger charge is -2.37. The van der Waals surface area contributed by atoms with Gasteiger partial charge in [-0.1, -0.05) is 13.8 Å². The molecule has 0 saturated carbocycles. The predicted molar refractivity (Wildman–Crippen MR) is 70.7 cm³/mol. The lowest BCUT2D eigenvalue weighted by Crippen LogP contribution is -2.56. The predicted octanol–water partition coefficient (Wildman–Crippen LogP) is 0.284. The highest BCUT2D eigenvalue weighted by Gasteiger charge is 2.38. The Labute approximate surface area is 114 Å². The van der Waals surface area contributed by atoms with Crippen LogP contribution in [0.2, 0.25) is 0 Å². The molecule has 6 heteroatoms. The van der Waals surface area contributed by atoms with Gasteiger partial charge in [0.25, 0.3) is 5.91 Å². The zero-order valence-corrected chi connectivity index (χ0v) is 11.9. The van der Waals surface area contributed by atoms with Crippen LogP contribution in [-0.2, 0) is 9.53 Å². The van der Waals surface area contributed by atoms with Gasteiger partial charge >= 0.3 is 6.03 Å². The maximum atomic E-state index is 12.4. The van der Waals surface area contributed by atoms with Crippen molar-refractivity contribution in [3.63, 3.8) is 0 Å². The van der Waals surface area contributed by atoms with E-state index in [9.17, 15) is 9.59 Å². The normalized spacial score (nSPS) is 24.4. The van der Waals surface area contributed by atoms with E-state index in [2.05, 4.69) is 19.2 Å². The minimum absolute atomic E-state index is 0.0115. The SMILES string of the molecule is COC(CC(C)C)C(=O)N1CCN2C(=O)NCC2C1. The first-order valence-electron chi connectivity index (χ1n) is 6.89. The van der Waals surface area contributed by atoms with E-state index in [1.165, 1.54) is 0 Å². The van der Waals surface area contributed by atoms with Crippen LogP contribution in [0, 0.1) is 5.92 Å². The van der Waals surface area contributed by atoms with E-state index >= 15 is 0 Å². The third-order valence-electron chi connectivity index (χ3n) is 3.79. The van der Waals surface area contributed by atoms with Crippen molar-refractivity contribution in [2.24, 2.45) is 5.92 Å². The molecule has 2 saturated heterocycles. The lowest BCUT2D eigenvalue weighted by molar-refractivity contribution is -0.145. The Morgan fingerprint density at radius 1 is 1.47 bits per heavy atom. The van der Waals surface area contributed by atoms with E-state index in [1.807, 2.05) is 9.80 Å². The number of piperazine rings is 1.